The van der Waals surface area contributed by atoms with Gasteiger partial charge in [-0.3, -0.25) is 0 Å². The maximum Gasteiger partial charge on any atom is 0.231 e. The van der Waals surface area contributed by atoms with Crippen LogP contribution in [0.25, 0.3) is 11.0 Å². The predicted octanol–water partition coefficient (Wildman–Crippen LogP) is 3.12. The summed E-state index contributed by atoms with van der Waals surface area (Å²) in [5, 5.41) is 4.92. The van der Waals surface area contributed by atoms with Crippen molar-refractivity contribution in [3.05, 3.63) is 41.7 Å². The first-order chi connectivity index (χ1) is 10.2. The van der Waals surface area contributed by atoms with Gasteiger partial charge in [0.25, 0.3) is 0 Å². The van der Waals surface area contributed by atoms with Crippen molar-refractivity contribution in [3.63, 3.8) is 0 Å². The van der Waals surface area contributed by atoms with E-state index in [1.807, 2.05) is 25.1 Å². The fraction of sp³-hybridized carbons (Fsp3) is 0.333. The van der Waals surface area contributed by atoms with Crippen molar-refractivity contribution in [2.24, 2.45) is 0 Å². The lowest BCUT2D eigenvalue weighted by Gasteiger charge is -2.00. The van der Waals surface area contributed by atoms with E-state index in [2.05, 4.69) is 10.1 Å². The van der Waals surface area contributed by atoms with Crippen molar-refractivity contribution < 1.29 is 18.4 Å². The molecule has 0 saturated carbocycles. The van der Waals surface area contributed by atoms with Crippen molar-refractivity contribution in [2.75, 3.05) is 14.2 Å². The molecule has 2 heterocycles. The van der Waals surface area contributed by atoms with Gasteiger partial charge in [-0.1, -0.05) is 5.16 Å². The summed E-state index contributed by atoms with van der Waals surface area (Å²) < 4.78 is 21.1. The van der Waals surface area contributed by atoms with Crippen LogP contribution in [0, 0.1) is 0 Å². The molecule has 6 heteroatoms. The van der Waals surface area contributed by atoms with Gasteiger partial charge >= 0.3 is 0 Å². The van der Waals surface area contributed by atoms with Gasteiger partial charge < -0.3 is 18.4 Å². The SMILES string of the molecule is COc1ccc2c(Cc3nc(C(C)OC)no3)coc2c1. The summed E-state index contributed by atoms with van der Waals surface area (Å²) in [4.78, 5) is 4.33. The van der Waals surface area contributed by atoms with Crippen molar-refractivity contribution in [1.82, 2.24) is 10.1 Å². The smallest absolute Gasteiger partial charge is 0.231 e. The summed E-state index contributed by atoms with van der Waals surface area (Å²) in [5.41, 5.74) is 1.77. The van der Waals surface area contributed by atoms with Crippen LogP contribution in [0.15, 0.2) is 33.4 Å². The first-order valence-electron chi connectivity index (χ1n) is 6.60. The molecule has 3 aromatic rings. The van der Waals surface area contributed by atoms with Gasteiger partial charge in [-0.05, 0) is 19.1 Å². The Bertz CT molecular complexity index is 747. The zero-order valence-electron chi connectivity index (χ0n) is 12.1. The van der Waals surface area contributed by atoms with E-state index < -0.39 is 0 Å². The first kappa shape index (κ1) is 13.6. The Hall–Kier alpha value is -2.34. The monoisotopic (exact) mass is 288 g/mol. The zero-order valence-corrected chi connectivity index (χ0v) is 12.1. The van der Waals surface area contributed by atoms with Crippen molar-refractivity contribution >= 4 is 11.0 Å². The third-order valence-corrected chi connectivity index (χ3v) is 3.41. The normalized spacial score (nSPS) is 12.7. The van der Waals surface area contributed by atoms with Crippen molar-refractivity contribution in [1.29, 1.82) is 0 Å². The minimum absolute atomic E-state index is 0.187. The molecule has 0 aliphatic rings. The maximum atomic E-state index is 5.54. The van der Waals surface area contributed by atoms with Crippen LogP contribution in [0.5, 0.6) is 5.75 Å². The highest BCUT2D eigenvalue weighted by Gasteiger charge is 2.15. The summed E-state index contributed by atoms with van der Waals surface area (Å²) in [6.45, 7) is 1.87. The van der Waals surface area contributed by atoms with Crippen LogP contribution >= 0.6 is 0 Å². The molecule has 0 bridgehead atoms. The van der Waals surface area contributed by atoms with Crippen molar-refractivity contribution in [3.8, 4) is 5.75 Å². The number of ether oxygens (including phenoxy) is 2. The van der Waals surface area contributed by atoms with E-state index in [1.165, 1.54) is 0 Å². The second-order valence-corrected chi connectivity index (χ2v) is 4.72. The highest BCUT2D eigenvalue weighted by Crippen LogP contribution is 2.27. The second-order valence-electron chi connectivity index (χ2n) is 4.72. The second kappa shape index (κ2) is 5.57. The van der Waals surface area contributed by atoms with E-state index in [0.717, 1.165) is 22.3 Å². The Labute approximate surface area is 121 Å². The van der Waals surface area contributed by atoms with E-state index in [1.54, 1.807) is 20.5 Å². The fourth-order valence-electron chi connectivity index (χ4n) is 2.10. The number of fused-ring (bicyclic) bond motifs is 1. The summed E-state index contributed by atoms with van der Waals surface area (Å²) in [5.74, 6) is 1.84. The van der Waals surface area contributed by atoms with Gasteiger partial charge in [0.05, 0.1) is 19.8 Å². The minimum Gasteiger partial charge on any atom is -0.497 e. The van der Waals surface area contributed by atoms with E-state index in [-0.39, 0.29) is 6.10 Å². The van der Waals surface area contributed by atoms with Gasteiger partial charge in [-0.15, -0.1) is 0 Å². The van der Waals surface area contributed by atoms with Gasteiger partial charge in [0.2, 0.25) is 5.89 Å². The maximum absolute atomic E-state index is 5.54. The summed E-state index contributed by atoms with van der Waals surface area (Å²) in [7, 11) is 3.24. The number of aromatic nitrogens is 2. The molecule has 1 unspecified atom stereocenters. The molecule has 1 aromatic carbocycles. The van der Waals surface area contributed by atoms with Gasteiger partial charge in [-0.2, -0.15) is 4.98 Å². The number of rotatable bonds is 5. The van der Waals surface area contributed by atoms with Gasteiger partial charge in [0.15, 0.2) is 5.82 Å². The van der Waals surface area contributed by atoms with Crippen LogP contribution in [0.1, 0.15) is 30.3 Å². The summed E-state index contributed by atoms with van der Waals surface area (Å²) in [6, 6.07) is 5.71. The Morgan fingerprint density at radius 1 is 1.29 bits per heavy atom. The molecule has 21 heavy (non-hydrogen) atoms. The lowest BCUT2D eigenvalue weighted by atomic mass is 10.1. The Morgan fingerprint density at radius 3 is 2.90 bits per heavy atom. The van der Waals surface area contributed by atoms with E-state index in [9.17, 15) is 0 Å². The van der Waals surface area contributed by atoms with Crippen molar-refractivity contribution in [2.45, 2.75) is 19.4 Å². The van der Waals surface area contributed by atoms with E-state index in [0.29, 0.717) is 18.1 Å². The molecule has 0 saturated heterocycles. The number of benzene rings is 1. The lowest BCUT2D eigenvalue weighted by Crippen LogP contribution is -1.98. The first-order valence-corrected chi connectivity index (χ1v) is 6.60. The standard InChI is InChI=1S/C15H16N2O4/c1-9(18-2)15-16-14(21-17-15)6-10-8-20-13-7-11(19-3)4-5-12(10)13/h4-5,7-9H,6H2,1-3H3. The minimum atomic E-state index is -0.187. The molecular weight excluding hydrogens is 272 g/mol. The molecule has 0 fully saturated rings. The molecule has 0 amide bonds. The molecule has 110 valence electrons. The molecule has 0 spiro atoms. The predicted molar refractivity (Wildman–Crippen MR) is 75.3 cm³/mol. The van der Waals surface area contributed by atoms with Gasteiger partial charge in [0.1, 0.15) is 17.4 Å². The average Bonchev–Trinajstić information content (AvgIpc) is 3.14. The van der Waals surface area contributed by atoms with Crippen LogP contribution in [0.4, 0.5) is 0 Å². The van der Waals surface area contributed by atoms with Crippen LogP contribution in [-0.4, -0.2) is 24.4 Å². The molecule has 3 rings (SSSR count). The molecule has 0 N–H and O–H groups in total. The Balaban J connectivity index is 1.86. The van der Waals surface area contributed by atoms with Crippen LogP contribution in [0.2, 0.25) is 0 Å². The molecular formula is C15H16N2O4. The van der Waals surface area contributed by atoms with Gasteiger partial charge in [0, 0.05) is 24.1 Å². The molecule has 0 aliphatic heterocycles. The Morgan fingerprint density at radius 2 is 2.14 bits per heavy atom. The lowest BCUT2D eigenvalue weighted by molar-refractivity contribution is 0.109. The summed E-state index contributed by atoms with van der Waals surface area (Å²) >= 11 is 0. The van der Waals surface area contributed by atoms with E-state index >= 15 is 0 Å². The number of hydrogen-bond acceptors (Lipinski definition) is 6. The average molecular weight is 288 g/mol. The molecule has 0 radical (unpaired) electrons. The van der Waals surface area contributed by atoms with Gasteiger partial charge in [-0.25, -0.2) is 0 Å². The van der Waals surface area contributed by atoms with E-state index in [4.69, 9.17) is 18.4 Å². The molecule has 1 atom stereocenters. The van der Waals surface area contributed by atoms with Crippen LogP contribution in [-0.2, 0) is 11.2 Å². The topological polar surface area (TPSA) is 70.5 Å². The fourth-order valence-corrected chi connectivity index (χ4v) is 2.10. The quantitative estimate of drug-likeness (QED) is 0.718. The number of methoxy groups -OCH3 is 2. The highest BCUT2D eigenvalue weighted by atomic mass is 16.5. The molecule has 6 nitrogen and oxygen atoms in total. The zero-order chi connectivity index (χ0) is 14.8. The van der Waals surface area contributed by atoms with Crippen LogP contribution in [0.3, 0.4) is 0 Å². The third kappa shape index (κ3) is 2.62. The van der Waals surface area contributed by atoms with Crippen LogP contribution < -0.4 is 4.74 Å². The summed E-state index contributed by atoms with van der Waals surface area (Å²) in [6.07, 6.45) is 2.03. The highest BCUT2D eigenvalue weighted by molar-refractivity contribution is 5.82. The third-order valence-electron chi connectivity index (χ3n) is 3.41. The number of furan rings is 1. The largest absolute Gasteiger partial charge is 0.497 e. The number of hydrogen-bond donors (Lipinski definition) is 0. The Kier molecular flexibility index (Phi) is 3.62. The molecule has 2 aromatic heterocycles. The molecule has 0 aliphatic carbocycles. The number of nitrogens with zero attached hydrogens (tertiary/aromatic N) is 2.